The van der Waals surface area contributed by atoms with Crippen LogP contribution in [-0.2, 0) is 14.4 Å². The van der Waals surface area contributed by atoms with Gasteiger partial charge in [-0.15, -0.1) is 0 Å². The van der Waals surface area contributed by atoms with Crippen LogP contribution in [0.4, 0.5) is 0 Å². The molecule has 0 bridgehead atoms. The van der Waals surface area contributed by atoms with Crippen molar-refractivity contribution in [3.8, 4) is 5.75 Å². The maximum atomic E-state index is 12.3. The van der Waals surface area contributed by atoms with Crippen molar-refractivity contribution in [2.75, 3.05) is 26.7 Å². The topological polar surface area (TPSA) is 87.7 Å². The molecule has 1 fully saturated rings. The highest BCUT2D eigenvalue weighted by Gasteiger charge is 2.39. The van der Waals surface area contributed by atoms with Crippen LogP contribution in [0, 0.1) is 12.8 Å². The standard InChI is InChI=1S/C17H23N3O4/c1-11-5-4-6-13(7-11)24-10-16(22)20-8-14(17(23)18-3)15(9-20)19-12(2)21/h4-7,14-15H,8-10H2,1-3H3,(H,18,23)(H,19,21)/t14-,15-/m0/s1. The number of carbonyl (C=O) groups is 3. The van der Waals surface area contributed by atoms with Gasteiger partial charge in [-0.1, -0.05) is 12.1 Å². The van der Waals surface area contributed by atoms with Crippen LogP contribution in [-0.4, -0.2) is 55.4 Å². The van der Waals surface area contributed by atoms with Crippen LogP contribution in [0.25, 0.3) is 0 Å². The minimum atomic E-state index is -0.457. The van der Waals surface area contributed by atoms with Crippen molar-refractivity contribution in [2.24, 2.45) is 5.92 Å². The smallest absolute Gasteiger partial charge is 0.260 e. The molecular formula is C17H23N3O4. The summed E-state index contributed by atoms with van der Waals surface area (Å²) in [6.07, 6.45) is 0. The summed E-state index contributed by atoms with van der Waals surface area (Å²) in [5.74, 6) is -0.452. The number of aryl methyl sites for hydroxylation is 1. The van der Waals surface area contributed by atoms with Gasteiger partial charge in [0.25, 0.3) is 5.91 Å². The van der Waals surface area contributed by atoms with Crippen molar-refractivity contribution < 1.29 is 19.1 Å². The van der Waals surface area contributed by atoms with Crippen molar-refractivity contribution in [3.05, 3.63) is 29.8 Å². The lowest BCUT2D eigenvalue weighted by molar-refractivity contribution is -0.132. The van der Waals surface area contributed by atoms with Gasteiger partial charge in [0.05, 0.1) is 12.0 Å². The quantitative estimate of drug-likeness (QED) is 0.799. The molecule has 2 N–H and O–H groups in total. The number of hydrogen-bond donors (Lipinski definition) is 2. The van der Waals surface area contributed by atoms with Gasteiger partial charge in [0, 0.05) is 27.1 Å². The van der Waals surface area contributed by atoms with E-state index in [0.29, 0.717) is 12.3 Å². The Bertz CT molecular complexity index is 632. The summed E-state index contributed by atoms with van der Waals surface area (Å²) >= 11 is 0. The molecule has 0 unspecified atom stereocenters. The van der Waals surface area contributed by atoms with Gasteiger partial charge in [-0.3, -0.25) is 14.4 Å². The van der Waals surface area contributed by atoms with Crippen molar-refractivity contribution >= 4 is 17.7 Å². The fourth-order valence-electron chi connectivity index (χ4n) is 2.81. The fraction of sp³-hybridized carbons (Fsp3) is 0.471. The molecule has 0 radical (unpaired) electrons. The summed E-state index contributed by atoms with van der Waals surface area (Å²) in [4.78, 5) is 37.2. The molecule has 1 saturated heterocycles. The van der Waals surface area contributed by atoms with Gasteiger partial charge in [0.2, 0.25) is 11.8 Å². The molecule has 1 aliphatic rings. The second-order valence-corrected chi connectivity index (χ2v) is 5.93. The van der Waals surface area contributed by atoms with Gasteiger partial charge < -0.3 is 20.3 Å². The average molecular weight is 333 g/mol. The third-order valence-corrected chi connectivity index (χ3v) is 4.00. The molecule has 2 atom stereocenters. The van der Waals surface area contributed by atoms with Crippen molar-refractivity contribution in [1.29, 1.82) is 0 Å². The molecule has 2 rings (SSSR count). The number of benzene rings is 1. The van der Waals surface area contributed by atoms with Crippen LogP contribution < -0.4 is 15.4 Å². The van der Waals surface area contributed by atoms with E-state index in [4.69, 9.17) is 4.74 Å². The molecule has 0 aromatic heterocycles. The third-order valence-electron chi connectivity index (χ3n) is 4.00. The molecule has 24 heavy (non-hydrogen) atoms. The summed E-state index contributed by atoms with van der Waals surface area (Å²) < 4.78 is 5.52. The number of rotatable bonds is 5. The van der Waals surface area contributed by atoms with E-state index >= 15 is 0 Å². The molecule has 0 saturated carbocycles. The van der Waals surface area contributed by atoms with E-state index in [0.717, 1.165) is 5.56 Å². The Morgan fingerprint density at radius 3 is 2.67 bits per heavy atom. The van der Waals surface area contributed by atoms with Crippen LogP contribution in [0.15, 0.2) is 24.3 Å². The Kier molecular flexibility index (Phi) is 5.78. The third kappa shape index (κ3) is 4.47. The van der Waals surface area contributed by atoms with Gasteiger partial charge in [-0.05, 0) is 24.6 Å². The second kappa shape index (κ2) is 7.81. The highest BCUT2D eigenvalue weighted by Crippen LogP contribution is 2.18. The highest BCUT2D eigenvalue weighted by atomic mass is 16.5. The largest absolute Gasteiger partial charge is 0.484 e. The Morgan fingerprint density at radius 2 is 2.04 bits per heavy atom. The first-order valence-corrected chi connectivity index (χ1v) is 7.86. The molecule has 130 valence electrons. The van der Waals surface area contributed by atoms with Gasteiger partial charge in [0.1, 0.15) is 5.75 Å². The summed E-state index contributed by atoms with van der Waals surface area (Å²) in [5, 5.41) is 5.31. The van der Waals surface area contributed by atoms with E-state index in [1.165, 1.54) is 6.92 Å². The maximum Gasteiger partial charge on any atom is 0.260 e. The highest BCUT2D eigenvalue weighted by molar-refractivity contribution is 5.84. The molecule has 7 nitrogen and oxygen atoms in total. The summed E-state index contributed by atoms with van der Waals surface area (Å²) in [6, 6.07) is 7.06. The zero-order valence-electron chi connectivity index (χ0n) is 14.2. The van der Waals surface area contributed by atoms with Crippen LogP contribution in [0.3, 0.4) is 0 Å². The molecule has 1 aromatic carbocycles. The molecule has 7 heteroatoms. The Labute approximate surface area is 141 Å². The first-order chi connectivity index (χ1) is 11.4. The van der Waals surface area contributed by atoms with Crippen molar-refractivity contribution in [1.82, 2.24) is 15.5 Å². The normalized spacial score (nSPS) is 19.7. The predicted molar refractivity (Wildman–Crippen MR) is 88.4 cm³/mol. The first kappa shape index (κ1) is 17.8. The first-order valence-electron chi connectivity index (χ1n) is 7.86. The lowest BCUT2D eigenvalue weighted by atomic mass is 10.0. The monoisotopic (exact) mass is 333 g/mol. The molecule has 1 aliphatic heterocycles. The zero-order chi connectivity index (χ0) is 17.7. The molecular weight excluding hydrogens is 310 g/mol. The Balaban J connectivity index is 1.96. The molecule has 0 spiro atoms. The van der Waals surface area contributed by atoms with Crippen molar-refractivity contribution in [2.45, 2.75) is 19.9 Å². The van der Waals surface area contributed by atoms with Crippen LogP contribution in [0.2, 0.25) is 0 Å². The zero-order valence-corrected chi connectivity index (χ0v) is 14.2. The van der Waals surface area contributed by atoms with E-state index in [2.05, 4.69) is 10.6 Å². The lowest BCUT2D eigenvalue weighted by Crippen LogP contribution is -2.44. The van der Waals surface area contributed by atoms with Gasteiger partial charge in [-0.25, -0.2) is 0 Å². The number of hydrogen-bond acceptors (Lipinski definition) is 4. The summed E-state index contributed by atoms with van der Waals surface area (Å²) in [6.45, 7) is 3.80. The minimum Gasteiger partial charge on any atom is -0.484 e. The summed E-state index contributed by atoms with van der Waals surface area (Å²) in [5.41, 5.74) is 1.05. The van der Waals surface area contributed by atoms with E-state index < -0.39 is 5.92 Å². The van der Waals surface area contributed by atoms with Gasteiger partial charge in [0.15, 0.2) is 6.61 Å². The number of likely N-dealkylation sites (tertiary alicyclic amines) is 1. The molecule has 1 heterocycles. The summed E-state index contributed by atoms with van der Waals surface area (Å²) in [7, 11) is 1.54. The Hall–Kier alpha value is -2.57. The SMILES string of the molecule is CNC(=O)[C@H]1CN(C(=O)COc2cccc(C)c2)C[C@@H]1NC(C)=O. The predicted octanol–water partition coefficient (Wildman–Crippen LogP) is 0.0829. The van der Waals surface area contributed by atoms with Crippen molar-refractivity contribution in [3.63, 3.8) is 0 Å². The maximum absolute atomic E-state index is 12.3. The van der Waals surface area contributed by atoms with E-state index in [1.54, 1.807) is 18.0 Å². The van der Waals surface area contributed by atoms with E-state index in [-0.39, 0.29) is 36.9 Å². The second-order valence-electron chi connectivity index (χ2n) is 5.93. The Morgan fingerprint density at radius 1 is 1.29 bits per heavy atom. The average Bonchev–Trinajstić information content (AvgIpc) is 2.95. The fourth-order valence-corrected chi connectivity index (χ4v) is 2.81. The number of nitrogens with zero attached hydrogens (tertiary/aromatic N) is 1. The van der Waals surface area contributed by atoms with Crippen LogP contribution in [0.1, 0.15) is 12.5 Å². The molecule has 3 amide bonds. The van der Waals surface area contributed by atoms with Gasteiger partial charge in [-0.2, -0.15) is 0 Å². The lowest BCUT2D eigenvalue weighted by Gasteiger charge is -2.17. The molecule has 1 aromatic rings. The van der Waals surface area contributed by atoms with Gasteiger partial charge >= 0.3 is 0 Å². The van der Waals surface area contributed by atoms with Crippen LogP contribution >= 0.6 is 0 Å². The van der Waals surface area contributed by atoms with E-state index in [1.807, 2.05) is 25.1 Å². The minimum absolute atomic E-state index is 0.100. The number of nitrogens with one attached hydrogen (secondary N) is 2. The van der Waals surface area contributed by atoms with Crippen LogP contribution in [0.5, 0.6) is 5.75 Å². The number of carbonyl (C=O) groups excluding carboxylic acids is 3. The number of ether oxygens (including phenoxy) is 1. The molecule has 0 aliphatic carbocycles. The number of amides is 3. The van der Waals surface area contributed by atoms with E-state index in [9.17, 15) is 14.4 Å².